The first kappa shape index (κ1) is 16.3. The molecule has 4 rings (SSSR count). The fourth-order valence-corrected chi connectivity index (χ4v) is 3.59. The topological polar surface area (TPSA) is 60.9 Å². The highest BCUT2D eigenvalue weighted by Crippen LogP contribution is 2.25. The number of aromatic nitrogens is 2. The lowest BCUT2D eigenvalue weighted by atomic mass is 10.0. The molecule has 0 unspecified atom stereocenters. The Bertz CT molecular complexity index is 970. The Hall–Kier alpha value is -3.14. The van der Waals surface area contributed by atoms with Gasteiger partial charge in [0.05, 0.1) is 24.1 Å². The highest BCUT2D eigenvalue weighted by Gasteiger charge is 2.16. The van der Waals surface area contributed by atoms with Crippen molar-refractivity contribution in [2.45, 2.75) is 25.8 Å². The number of primary amides is 1. The predicted molar refractivity (Wildman–Crippen MR) is 103 cm³/mol. The molecule has 4 nitrogen and oxygen atoms in total. The number of carbonyl (C=O) groups excluding carboxylic acids is 1. The van der Waals surface area contributed by atoms with E-state index < -0.39 is 0 Å². The molecule has 0 saturated heterocycles. The van der Waals surface area contributed by atoms with E-state index in [1.807, 2.05) is 24.5 Å². The molecule has 0 fully saturated rings. The van der Waals surface area contributed by atoms with Crippen LogP contribution in [0.4, 0.5) is 0 Å². The van der Waals surface area contributed by atoms with Gasteiger partial charge in [-0.2, -0.15) is 0 Å². The maximum absolute atomic E-state index is 11.6. The first-order valence-electron chi connectivity index (χ1n) is 8.83. The van der Waals surface area contributed by atoms with Crippen molar-refractivity contribution in [2.75, 3.05) is 0 Å². The van der Waals surface area contributed by atoms with Crippen LogP contribution in [0.1, 0.15) is 33.6 Å². The van der Waals surface area contributed by atoms with Crippen molar-refractivity contribution in [1.29, 1.82) is 0 Å². The molecule has 2 aromatic carbocycles. The van der Waals surface area contributed by atoms with Gasteiger partial charge < -0.3 is 10.3 Å². The number of benzene rings is 2. The number of fused-ring (bicyclic) bond motifs is 1. The molecule has 3 aromatic rings. The van der Waals surface area contributed by atoms with E-state index in [-0.39, 0.29) is 12.3 Å². The number of rotatable bonds is 6. The molecule has 1 aromatic heterocycles. The molecule has 1 amide bonds. The van der Waals surface area contributed by atoms with E-state index in [4.69, 9.17) is 5.73 Å². The zero-order chi connectivity index (χ0) is 17.9. The average Bonchev–Trinajstić information content (AvgIpc) is 3.25. The van der Waals surface area contributed by atoms with Crippen LogP contribution in [0.25, 0.3) is 6.08 Å². The molecule has 1 heterocycles. The van der Waals surface area contributed by atoms with Crippen molar-refractivity contribution < 1.29 is 4.79 Å². The molecule has 2 N–H and O–H groups in total. The van der Waals surface area contributed by atoms with E-state index in [1.165, 1.54) is 22.3 Å². The number of allylic oxidation sites excluding steroid dienone is 1. The van der Waals surface area contributed by atoms with Crippen LogP contribution < -0.4 is 5.73 Å². The van der Waals surface area contributed by atoms with Gasteiger partial charge in [0.2, 0.25) is 5.91 Å². The molecule has 0 aliphatic heterocycles. The van der Waals surface area contributed by atoms with Crippen molar-refractivity contribution in [3.05, 3.63) is 94.6 Å². The van der Waals surface area contributed by atoms with Crippen LogP contribution in [-0.4, -0.2) is 15.5 Å². The smallest absolute Gasteiger partial charge is 0.223 e. The van der Waals surface area contributed by atoms with Gasteiger partial charge in [0.15, 0.2) is 0 Å². The van der Waals surface area contributed by atoms with E-state index in [2.05, 4.69) is 52.0 Å². The summed E-state index contributed by atoms with van der Waals surface area (Å²) in [4.78, 5) is 16.2. The van der Waals surface area contributed by atoms with Gasteiger partial charge in [-0.3, -0.25) is 4.79 Å². The lowest BCUT2D eigenvalue weighted by molar-refractivity contribution is -0.117. The number of amides is 1. The quantitative estimate of drug-likeness (QED) is 0.747. The largest absolute Gasteiger partial charge is 0.369 e. The molecule has 0 bridgehead atoms. The summed E-state index contributed by atoms with van der Waals surface area (Å²) in [5.41, 5.74) is 12.4. The SMILES string of the molecule is NC(=O)Cc1c(Cc2ccccc2)ncn1Cc1cccc2c1CC=C2. The van der Waals surface area contributed by atoms with Crippen LogP contribution in [0.3, 0.4) is 0 Å². The Morgan fingerprint density at radius 2 is 1.96 bits per heavy atom. The molecule has 4 heteroatoms. The third kappa shape index (κ3) is 3.31. The minimum Gasteiger partial charge on any atom is -0.369 e. The molecule has 0 spiro atoms. The number of nitrogens with zero attached hydrogens (tertiary/aromatic N) is 2. The van der Waals surface area contributed by atoms with Crippen LogP contribution in [0.5, 0.6) is 0 Å². The fourth-order valence-electron chi connectivity index (χ4n) is 3.59. The minimum atomic E-state index is -0.332. The van der Waals surface area contributed by atoms with E-state index in [0.29, 0.717) is 13.0 Å². The summed E-state index contributed by atoms with van der Waals surface area (Å²) in [5, 5.41) is 0. The zero-order valence-electron chi connectivity index (χ0n) is 14.6. The Morgan fingerprint density at radius 3 is 2.77 bits per heavy atom. The van der Waals surface area contributed by atoms with Gasteiger partial charge in [0.1, 0.15) is 0 Å². The standard InChI is InChI=1S/C22H21N3O/c23-22(26)13-21-20(12-16-6-2-1-3-7-16)24-15-25(21)14-18-10-4-8-17-9-5-11-19(17)18/h1-10,15H,11-14H2,(H2,23,26). The van der Waals surface area contributed by atoms with Gasteiger partial charge in [-0.1, -0.05) is 60.7 Å². The average molecular weight is 343 g/mol. The van der Waals surface area contributed by atoms with Gasteiger partial charge in [-0.15, -0.1) is 0 Å². The summed E-state index contributed by atoms with van der Waals surface area (Å²) >= 11 is 0. The lowest BCUT2D eigenvalue weighted by Crippen LogP contribution is -2.18. The van der Waals surface area contributed by atoms with E-state index >= 15 is 0 Å². The van der Waals surface area contributed by atoms with E-state index in [0.717, 1.165) is 17.8 Å². The second kappa shape index (κ2) is 7.00. The summed E-state index contributed by atoms with van der Waals surface area (Å²) in [6.45, 7) is 0.704. The van der Waals surface area contributed by atoms with Crippen LogP contribution in [0, 0.1) is 0 Å². The second-order valence-corrected chi connectivity index (χ2v) is 6.66. The number of hydrogen-bond donors (Lipinski definition) is 1. The van der Waals surface area contributed by atoms with Gasteiger partial charge in [0, 0.05) is 13.0 Å². The van der Waals surface area contributed by atoms with Crippen molar-refractivity contribution in [2.24, 2.45) is 5.73 Å². The van der Waals surface area contributed by atoms with Crippen LogP contribution in [-0.2, 0) is 30.6 Å². The fraction of sp³-hybridized carbons (Fsp3) is 0.182. The van der Waals surface area contributed by atoms with Crippen molar-refractivity contribution >= 4 is 12.0 Å². The number of imidazole rings is 1. The van der Waals surface area contributed by atoms with E-state index in [1.54, 1.807) is 0 Å². The highest BCUT2D eigenvalue weighted by molar-refractivity contribution is 5.76. The molecule has 0 radical (unpaired) electrons. The van der Waals surface area contributed by atoms with Crippen molar-refractivity contribution in [3.8, 4) is 0 Å². The number of hydrogen-bond acceptors (Lipinski definition) is 2. The summed E-state index contributed by atoms with van der Waals surface area (Å²) in [6.07, 6.45) is 8.05. The van der Waals surface area contributed by atoms with Gasteiger partial charge in [-0.25, -0.2) is 4.98 Å². The van der Waals surface area contributed by atoms with E-state index in [9.17, 15) is 4.79 Å². The first-order valence-corrected chi connectivity index (χ1v) is 8.83. The molecular weight excluding hydrogens is 322 g/mol. The maximum atomic E-state index is 11.6. The third-order valence-corrected chi connectivity index (χ3v) is 4.86. The molecule has 1 aliphatic carbocycles. The summed E-state index contributed by atoms with van der Waals surface area (Å²) < 4.78 is 2.07. The molecule has 0 atom stereocenters. The Kier molecular flexibility index (Phi) is 4.40. The van der Waals surface area contributed by atoms with Gasteiger partial charge in [0.25, 0.3) is 0 Å². The van der Waals surface area contributed by atoms with Gasteiger partial charge >= 0.3 is 0 Å². The molecule has 0 saturated carbocycles. The number of nitrogens with two attached hydrogens (primary N) is 1. The monoisotopic (exact) mass is 343 g/mol. The minimum absolute atomic E-state index is 0.204. The lowest BCUT2D eigenvalue weighted by Gasteiger charge is -2.12. The second-order valence-electron chi connectivity index (χ2n) is 6.66. The molecular formula is C22H21N3O. The Morgan fingerprint density at radius 1 is 1.12 bits per heavy atom. The van der Waals surface area contributed by atoms with Crippen molar-refractivity contribution in [3.63, 3.8) is 0 Å². The summed E-state index contributed by atoms with van der Waals surface area (Å²) in [6, 6.07) is 16.5. The van der Waals surface area contributed by atoms with Crippen LogP contribution in [0.2, 0.25) is 0 Å². The normalized spacial score (nSPS) is 12.3. The summed E-state index contributed by atoms with van der Waals surface area (Å²) in [7, 11) is 0. The number of carbonyl (C=O) groups is 1. The molecule has 1 aliphatic rings. The zero-order valence-corrected chi connectivity index (χ0v) is 14.6. The Balaban J connectivity index is 1.66. The Labute approximate surface area is 153 Å². The third-order valence-electron chi connectivity index (χ3n) is 4.86. The van der Waals surface area contributed by atoms with Crippen LogP contribution in [0.15, 0.2) is 60.9 Å². The predicted octanol–water partition coefficient (Wildman–Crippen LogP) is 3.12. The van der Waals surface area contributed by atoms with Gasteiger partial charge in [-0.05, 0) is 28.7 Å². The molecule has 26 heavy (non-hydrogen) atoms. The first-order chi connectivity index (χ1) is 12.7. The highest BCUT2D eigenvalue weighted by atomic mass is 16.1. The van der Waals surface area contributed by atoms with Crippen LogP contribution >= 0.6 is 0 Å². The molecule has 130 valence electrons. The maximum Gasteiger partial charge on any atom is 0.223 e. The van der Waals surface area contributed by atoms with Crippen molar-refractivity contribution in [1.82, 2.24) is 9.55 Å². The summed E-state index contributed by atoms with van der Waals surface area (Å²) in [5.74, 6) is -0.332.